The predicted molar refractivity (Wildman–Crippen MR) is 97.4 cm³/mol. The van der Waals surface area contributed by atoms with E-state index in [1.165, 1.54) is 0 Å². The molecule has 24 heavy (non-hydrogen) atoms. The number of nitrogens with two attached hydrogens (primary N) is 1. The first-order valence-corrected chi connectivity index (χ1v) is 8.33. The summed E-state index contributed by atoms with van der Waals surface area (Å²) in [5, 5.41) is 11.9. The Morgan fingerprint density at radius 1 is 1.00 bits per heavy atom. The van der Waals surface area contributed by atoms with Crippen molar-refractivity contribution in [2.24, 2.45) is 5.73 Å². The molecule has 1 aliphatic heterocycles. The molecule has 0 aliphatic carbocycles. The maximum Gasteiger partial charge on any atom is 0.205 e. The Hall–Kier alpha value is -2.77. The first-order chi connectivity index (χ1) is 11.7. The van der Waals surface area contributed by atoms with E-state index < -0.39 is 0 Å². The molecule has 3 nitrogen and oxygen atoms in total. The molecular formula is C20H13BrN2O. The molecular weight excluding hydrogens is 364 g/mol. The van der Waals surface area contributed by atoms with Gasteiger partial charge in [-0.05, 0) is 28.5 Å². The van der Waals surface area contributed by atoms with Gasteiger partial charge >= 0.3 is 0 Å². The Kier molecular flexibility index (Phi) is 3.51. The quantitative estimate of drug-likeness (QED) is 0.662. The van der Waals surface area contributed by atoms with Crippen LogP contribution in [0.15, 0.2) is 76.6 Å². The maximum absolute atomic E-state index is 9.70. The second kappa shape index (κ2) is 5.70. The molecule has 116 valence electrons. The van der Waals surface area contributed by atoms with Gasteiger partial charge in [-0.25, -0.2) is 0 Å². The van der Waals surface area contributed by atoms with Crippen LogP contribution in [0.4, 0.5) is 0 Å². The highest BCUT2D eigenvalue weighted by Gasteiger charge is 2.33. The lowest BCUT2D eigenvalue weighted by atomic mass is 9.81. The monoisotopic (exact) mass is 376 g/mol. The summed E-state index contributed by atoms with van der Waals surface area (Å²) in [6.45, 7) is 0. The highest BCUT2D eigenvalue weighted by molar-refractivity contribution is 9.10. The molecule has 0 saturated heterocycles. The van der Waals surface area contributed by atoms with Crippen molar-refractivity contribution in [2.45, 2.75) is 5.92 Å². The van der Waals surface area contributed by atoms with Crippen molar-refractivity contribution in [3.63, 3.8) is 0 Å². The van der Waals surface area contributed by atoms with Crippen LogP contribution >= 0.6 is 15.9 Å². The van der Waals surface area contributed by atoms with E-state index in [1.807, 2.05) is 48.5 Å². The second-order valence-corrected chi connectivity index (χ2v) is 6.50. The van der Waals surface area contributed by atoms with Crippen LogP contribution in [0, 0.1) is 11.3 Å². The molecule has 0 aromatic heterocycles. The lowest BCUT2D eigenvalue weighted by Gasteiger charge is -2.28. The number of benzene rings is 3. The number of hydrogen-bond donors (Lipinski definition) is 1. The molecule has 1 aliphatic rings. The van der Waals surface area contributed by atoms with Crippen LogP contribution in [-0.2, 0) is 0 Å². The minimum atomic E-state index is -0.263. The average molecular weight is 377 g/mol. The summed E-state index contributed by atoms with van der Waals surface area (Å²) in [4.78, 5) is 0. The van der Waals surface area contributed by atoms with E-state index >= 15 is 0 Å². The van der Waals surface area contributed by atoms with Gasteiger partial charge in [0.25, 0.3) is 0 Å². The SMILES string of the molecule is N#CC1=C(N)Oc2ccc3ccccc3c2C1c1ccccc1Br. The first kappa shape index (κ1) is 14.8. The third-order valence-electron chi connectivity index (χ3n) is 4.33. The number of hydrogen-bond acceptors (Lipinski definition) is 3. The minimum absolute atomic E-state index is 0.168. The normalized spacial score (nSPS) is 16.4. The fourth-order valence-corrected chi connectivity index (χ4v) is 3.78. The molecule has 1 atom stereocenters. The standard InChI is InChI=1S/C20H13BrN2O/c21-16-8-4-3-7-14(16)18-15(11-22)20(23)24-17-10-9-12-5-1-2-6-13(12)19(17)18/h1-10,18H,23H2. The fraction of sp³-hybridized carbons (Fsp3) is 0.0500. The molecule has 0 bridgehead atoms. The molecule has 1 unspecified atom stereocenters. The van der Waals surface area contributed by atoms with Crippen molar-refractivity contribution < 1.29 is 4.74 Å². The number of nitrogens with zero attached hydrogens (tertiary/aromatic N) is 1. The van der Waals surface area contributed by atoms with Gasteiger partial charge in [0.05, 0.1) is 5.92 Å². The van der Waals surface area contributed by atoms with E-state index in [1.54, 1.807) is 0 Å². The predicted octanol–water partition coefficient (Wildman–Crippen LogP) is 4.82. The number of halogens is 1. The van der Waals surface area contributed by atoms with Gasteiger partial charge in [-0.3, -0.25) is 0 Å². The number of fused-ring (bicyclic) bond motifs is 3. The molecule has 2 N–H and O–H groups in total. The van der Waals surface area contributed by atoms with Crippen LogP contribution in [0.25, 0.3) is 10.8 Å². The van der Waals surface area contributed by atoms with Gasteiger partial charge in [0.2, 0.25) is 5.88 Å². The second-order valence-electron chi connectivity index (χ2n) is 5.64. The lowest BCUT2D eigenvalue weighted by Crippen LogP contribution is -2.21. The Bertz CT molecular complexity index is 1030. The molecule has 3 aromatic carbocycles. The van der Waals surface area contributed by atoms with Gasteiger partial charge in [-0.2, -0.15) is 5.26 Å². The topological polar surface area (TPSA) is 59.0 Å². The molecule has 1 heterocycles. The summed E-state index contributed by atoms with van der Waals surface area (Å²) >= 11 is 3.61. The van der Waals surface area contributed by atoms with Gasteiger partial charge in [0.15, 0.2) is 0 Å². The van der Waals surface area contributed by atoms with Crippen LogP contribution < -0.4 is 10.5 Å². The Morgan fingerprint density at radius 3 is 2.54 bits per heavy atom. The Morgan fingerprint density at radius 2 is 1.75 bits per heavy atom. The van der Waals surface area contributed by atoms with Crippen molar-refractivity contribution in [3.05, 3.63) is 87.7 Å². The highest BCUT2D eigenvalue weighted by atomic mass is 79.9. The summed E-state index contributed by atoms with van der Waals surface area (Å²) in [7, 11) is 0. The molecule has 4 heteroatoms. The van der Waals surface area contributed by atoms with Gasteiger partial charge in [0.1, 0.15) is 17.4 Å². The zero-order valence-electron chi connectivity index (χ0n) is 12.7. The number of rotatable bonds is 1. The third kappa shape index (κ3) is 2.17. The van der Waals surface area contributed by atoms with Crippen LogP contribution in [-0.4, -0.2) is 0 Å². The first-order valence-electron chi connectivity index (χ1n) is 7.54. The molecule has 0 fully saturated rings. The zero-order chi connectivity index (χ0) is 16.7. The van der Waals surface area contributed by atoms with Gasteiger partial charge in [-0.15, -0.1) is 0 Å². The van der Waals surface area contributed by atoms with E-state index in [9.17, 15) is 5.26 Å². The number of nitriles is 1. The van der Waals surface area contributed by atoms with Crippen molar-refractivity contribution in [1.82, 2.24) is 0 Å². The van der Waals surface area contributed by atoms with Crippen molar-refractivity contribution in [3.8, 4) is 11.8 Å². The smallest absolute Gasteiger partial charge is 0.205 e. The fourth-order valence-electron chi connectivity index (χ4n) is 3.26. The Labute approximate surface area is 148 Å². The van der Waals surface area contributed by atoms with Crippen LogP contribution in [0.3, 0.4) is 0 Å². The largest absolute Gasteiger partial charge is 0.440 e. The summed E-state index contributed by atoms with van der Waals surface area (Å²) in [5.74, 6) is 0.604. The average Bonchev–Trinajstić information content (AvgIpc) is 2.61. The molecule has 0 radical (unpaired) electrons. The van der Waals surface area contributed by atoms with Gasteiger partial charge < -0.3 is 10.5 Å². The van der Waals surface area contributed by atoms with E-state index in [0.29, 0.717) is 11.3 Å². The van der Waals surface area contributed by atoms with Crippen LogP contribution in [0.2, 0.25) is 0 Å². The minimum Gasteiger partial charge on any atom is -0.440 e. The molecule has 0 spiro atoms. The zero-order valence-corrected chi connectivity index (χ0v) is 14.2. The van der Waals surface area contributed by atoms with Gasteiger partial charge in [0, 0.05) is 10.0 Å². The summed E-state index contributed by atoms with van der Waals surface area (Å²) in [6, 6.07) is 22.2. The number of ether oxygens (including phenoxy) is 1. The van der Waals surface area contributed by atoms with E-state index in [-0.39, 0.29) is 11.8 Å². The van der Waals surface area contributed by atoms with E-state index in [2.05, 4.69) is 34.1 Å². The van der Waals surface area contributed by atoms with Gasteiger partial charge in [-0.1, -0.05) is 64.5 Å². The molecule has 0 saturated carbocycles. The van der Waals surface area contributed by atoms with E-state index in [0.717, 1.165) is 26.4 Å². The van der Waals surface area contributed by atoms with Crippen LogP contribution in [0.5, 0.6) is 5.75 Å². The summed E-state index contributed by atoms with van der Waals surface area (Å²) in [6.07, 6.45) is 0. The lowest BCUT2D eigenvalue weighted by molar-refractivity contribution is 0.395. The molecule has 3 aromatic rings. The molecule has 0 amide bonds. The van der Waals surface area contributed by atoms with E-state index in [4.69, 9.17) is 10.5 Å². The van der Waals surface area contributed by atoms with Crippen molar-refractivity contribution in [2.75, 3.05) is 0 Å². The molecule has 4 rings (SSSR count). The highest BCUT2D eigenvalue weighted by Crippen LogP contribution is 2.46. The summed E-state index contributed by atoms with van der Waals surface area (Å²) in [5.41, 5.74) is 8.46. The van der Waals surface area contributed by atoms with Crippen molar-refractivity contribution >= 4 is 26.7 Å². The maximum atomic E-state index is 9.70. The third-order valence-corrected chi connectivity index (χ3v) is 5.05. The van der Waals surface area contributed by atoms with Crippen molar-refractivity contribution in [1.29, 1.82) is 5.26 Å². The Balaban J connectivity index is 2.10. The van der Waals surface area contributed by atoms with Crippen LogP contribution in [0.1, 0.15) is 17.0 Å². The summed E-state index contributed by atoms with van der Waals surface area (Å²) < 4.78 is 6.70. The number of allylic oxidation sites excluding steroid dienone is 1.